The van der Waals surface area contributed by atoms with E-state index >= 15 is 0 Å². The Morgan fingerprint density at radius 2 is 1.96 bits per heavy atom. The summed E-state index contributed by atoms with van der Waals surface area (Å²) in [6, 6.07) is 15.0. The highest BCUT2D eigenvalue weighted by Crippen LogP contribution is 2.25. The lowest BCUT2D eigenvalue weighted by atomic mass is 10.0. The van der Waals surface area contributed by atoms with Crippen LogP contribution in [0.25, 0.3) is 16.6 Å². The zero-order valence-corrected chi connectivity index (χ0v) is 14.4. The Labute approximate surface area is 149 Å². The summed E-state index contributed by atoms with van der Waals surface area (Å²) in [6.45, 7) is 1.86. The molecule has 0 saturated carbocycles. The maximum Gasteiger partial charge on any atom is 0.333 e. The fourth-order valence-corrected chi connectivity index (χ4v) is 2.96. The number of benzene rings is 2. The van der Waals surface area contributed by atoms with Crippen LogP contribution < -0.4 is 5.32 Å². The number of carbonyl (C=O) groups is 1. The quantitative estimate of drug-likeness (QED) is 0.572. The number of anilines is 1. The van der Waals surface area contributed by atoms with Gasteiger partial charge in [0.25, 0.3) is 5.78 Å². The van der Waals surface area contributed by atoms with Crippen LogP contribution in [0.15, 0.2) is 54.9 Å². The van der Waals surface area contributed by atoms with E-state index in [-0.39, 0.29) is 5.97 Å². The van der Waals surface area contributed by atoms with Crippen LogP contribution in [-0.4, -0.2) is 32.7 Å². The van der Waals surface area contributed by atoms with Gasteiger partial charge in [-0.25, -0.2) is 9.78 Å². The number of hydrogen-bond acceptors (Lipinski definition) is 6. The highest BCUT2D eigenvalue weighted by atomic mass is 16.5. The van der Waals surface area contributed by atoms with E-state index in [0.717, 1.165) is 22.0 Å². The van der Waals surface area contributed by atoms with Crippen molar-refractivity contribution < 1.29 is 9.53 Å². The van der Waals surface area contributed by atoms with Crippen LogP contribution in [0.2, 0.25) is 0 Å². The molecule has 0 aliphatic rings. The van der Waals surface area contributed by atoms with Crippen LogP contribution in [-0.2, 0) is 9.53 Å². The van der Waals surface area contributed by atoms with E-state index in [0.29, 0.717) is 11.6 Å². The van der Waals surface area contributed by atoms with Gasteiger partial charge in [-0.1, -0.05) is 36.4 Å². The minimum Gasteiger partial charge on any atom is -0.467 e. The summed E-state index contributed by atoms with van der Waals surface area (Å²) in [4.78, 5) is 20.9. The Balaban J connectivity index is 1.79. The number of methoxy groups -OCH3 is 1. The Morgan fingerprint density at radius 3 is 2.77 bits per heavy atom. The lowest BCUT2D eigenvalue weighted by Crippen LogP contribution is -2.23. The summed E-state index contributed by atoms with van der Waals surface area (Å²) >= 11 is 0. The van der Waals surface area contributed by atoms with Gasteiger partial charge in [0.1, 0.15) is 12.1 Å². The van der Waals surface area contributed by atoms with Gasteiger partial charge < -0.3 is 10.1 Å². The van der Waals surface area contributed by atoms with E-state index in [1.165, 1.54) is 13.4 Å². The maximum atomic E-state index is 12.5. The number of carbonyl (C=O) groups excluding carboxylic acids is 1. The number of aromatic nitrogens is 4. The first-order valence-electron chi connectivity index (χ1n) is 8.16. The van der Waals surface area contributed by atoms with Crippen LogP contribution in [0.5, 0.6) is 0 Å². The van der Waals surface area contributed by atoms with Crippen LogP contribution >= 0.6 is 0 Å². The lowest BCUT2D eigenvalue weighted by Gasteiger charge is -2.19. The molecule has 2 heterocycles. The van der Waals surface area contributed by atoms with Gasteiger partial charge in [-0.2, -0.15) is 14.6 Å². The van der Waals surface area contributed by atoms with E-state index in [1.54, 1.807) is 4.52 Å². The average Bonchev–Trinajstić information content (AvgIpc) is 3.13. The minimum absolute atomic E-state index is 0.386. The number of esters is 1. The second-order valence-corrected chi connectivity index (χ2v) is 5.96. The van der Waals surface area contributed by atoms with E-state index < -0.39 is 6.04 Å². The topological polar surface area (TPSA) is 81.4 Å². The smallest absolute Gasteiger partial charge is 0.333 e. The molecule has 26 heavy (non-hydrogen) atoms. The second-order valence-electron chi connectivity index (χ2n) is 5.96. The van der Waals surface area contributed by atoms with Crippen LogP contribution in [0.3, 0.4) is 0 Å². The number of rotatable bonds is 4. The Bertz CT molecular complexity index is 1110. The first-order valence-corrected chi connectivity index (χ1v) is 8.16. The molecule has 2 aromatic heterocycles. The molecule has 0 saturated heterocycles. The molecule has 2 aromatic carbocycles. The first-order chi connectivity index (χ1) is 12.7. The number of aryl methyl sites for hydroxylation is 1. The van der Waals surface area contributed by atoms with E-state index in [9.17, 15) is 4.79 Å². The fraction of sp³-hybridized carbons (Fsp3) is 0.158. The molecule has 0 bridgehead atoms. The van der Waals surface area contributed by atoms with Crippen molar-refractivity contribution in [2.75, 3.05) is 12.4 Å². The molecule has 7 heteroatoms. The van der Waals surface area contributed by atoms with Crippen molar-refractivity contribution in [3.8, 4) is 0 Å². The molecule has 0 fully saturated rings. The highest BCUT2D eigenvalue weighted by molar-refractivity contribution is 5.86. The third-order valence-corrected chi connectivity index (χ3v) is 4.22. The van der Waals surface area contributed by atoms with Gasteiger partial charge in [0.05, 0.1) is 7.11 Å². The number of ether oxygens (including phenoxy) is 1. The molecule has 7 nitrogen and oxygen atoms in total. The first kappa shape index (κ1) is 16.0. The molecule has 0 amide bonds. The molecule has 0 aliphatic heterocycles. The molecule has 130 valence electrons. The van der Waals surface area contributed by atoms with Crippen molar-refractivity contribution in [3.63, 3.8) is 0 Å². The Morgan fingerprint density at radius 1 is 1.15 bits per heavy atom. The van der Waals surface area contributed by atoms with E-state index in [4.69, 9.17) is 4.74 Å². The van der Waals surface area contributed by atoms with Gasteiger partial charge in [0.15, 0.2) is 6.04 Å². The SMILES string of the molecule is COC(=O)C(Nc1cc(C)nc2ncnn12)c1ccc2ccccc2c1. The summed E-state index contributed by atoms with van der Waals surface area (Å²) in [5.41, 5.74) is 1.58. The van der Waals surface area contributed by atoms with Crippen LogP contribution in [0.4, 0.5) is 5.82 Å². The van der Waals surface area contributed by atoms with Gasteiger partial charge in [-0.3, -0.25) is 0 Å². The normalized spacial score (nSPS) is 12.2. The van der Waals surface area contributed by atoms with Crippen molar-refractivity contribution in [2.45, 2.75) is 13.0 Å². The lowest BCUT2D eigenvalue weighted by molar-refractivity contribution is -0.141. The van der Waals surface area contributed by atoms with E-state index in [1.807, 2.05) is 55.5 Å². The molecule has 4 aromatic rings. The standard InChI is InChI=1S/C19H17N5O2/c1-12-9-16(24-19(22-12)20-11-21-24)23-17(18(25)26-2)15-8-7-13-5-3-4-6-14(13)10-15/h3-11,17,23H,1-2H3. The average molecular weight is 347 g/mol. The van der Waals surface area contributed by atoms with Crippen molar-refractivity contribution in [1.82, 2.24) is 19.6 Å². The van der Waals surface area contributed by atoms with E-state index in [2.05, 4.69) is 20.4 Å². The third kappa shape index (κ3) is 2.83. The number of nitrogens with zero attached hydrogens (tertiary/aromatic N) is 4. The van der Waals surface area contributed by atoms with Crippen molar-refractivity contribution in [2.24, 2.45) is 0 Å². The number of hydrogen-bond donors (Lipinski definition) is 1. The van der Waals surface area contributed by atoms with Gasteiger partial charge in [0, 0.05) is 11.8 Å². The monoisotopic (exact) mass is 347 g/mol. The zero-order chi connectivity index (χ0) is 18.1. The van der Waals surface area contributed by atoms with Crippen LogP contribution in [0, 0.1) is 6.92 Å². The summed E-state index contributed by atoms with van der Waals surface area (Å²) in [7, 11) is 1.38. The molecular formula is C19H17N5O2. The minimum atomic E-state index is -0.682. The molecule has 0 radical (unpaired) electrons. The third-order valence-electron chi connectivity index (χ3n) is 4.22. The largest absolute Gasteiger partial charge is 0.467 e. The molecular weight excluding hydrogens is 330 g/mol. The van der Waals surface area contributed by atoms with Crippen molar-refractivity contribution in [1.29, 1.82) is 0 Å². The van der Waals surface area contributed by atoms with Gasteiger partial charge in [0.2, 0.25) is 0 Å². The molecule has 1 atom stereocenters. The predicted octanol–water partition coefficient (Wildman–Crippen LogP) is 2.91. The maximum absolute atomic E-state index is 12.5. The molecule has 1 N–H and O–H groups in total. The summed E-state index contributed by atoms with van der Waals surface area (Å²) < 4.78 is 6.57. The zero-order valence-electron chi connectivity index (χ0n) is 14.4. The Hall–Kier alpha value is -3.48. The summed E-state index contributed by atoms with van der Waals surface area (Å²) in [5.74, 6) is 0.700. The highest BCUT2D eigenvalue weighted by Gasteiger charge is 2.23. The fourth-order valence-electron chi connectivity index (χ4n) is 2.96. The molecule has 4 rings (SSSR count). The second kappa shape index (κ2) is 6.44. The molecule has 0 aliphatic carbocycles. The van der Waals surface area contributed by atoms with Gasteiger partial charge in [-0.05, 0) is 29.3 Å². The molecule has 1 unspecified atom stereocenters. The number of fused-ring (bicyclic) bond motifs is 2. The van der Waals surface area contributed by atoms with Crippen LogP contribution in [0.1, 0.15) is 17.3 Å². The number of nitrogens with one attached hydrogen (secondary N) is 1. The Kier molecular flexibility index (Phi) is 3.96. The molecule has 0 spiro atoms. The predicted molar refractivity (Wildman–Crippen MR) is 97.8 cm³/mol. The van der Waals surface area contributed by atoms with Gasteiger partial charge in [-0.15, -0.1) is 0 Å². The van der Waals surface area contributed by atoms with Crippen molar-refractivity contribution >= 4 is 28.3 Å². The van der Waals surface area contributed by atoms with Crippen molar-refractivity contribution in [3.05, 3.63) is 66.1 Å². The summed E-state index contributed by atoms with van der Waals surface area (Å²) in [6.07, 6.45) is 1.43. The van der Waals surface area contributed by atoms with Gasteiger partial charge >= 0.3 is 5.97 Å². The summed E-state index contributed by atoms with van der Waals surface area (Å²) in [5, 5.41) is 9.56.